The number of nitrogens with one attached hydrogen (secondary N) is 1. The van der Waals surface area contributed by atoms with Gasteiger partial charge in [0, 0.05) is 16.6 Å². The summed E-state index contributed by atoms with van der Waals surface area (Å²) in [5.74, 6) is -0.173. The molecule has 1 N–H and O–H groups in total. The third-order valence-electron chi connectivity index (χ3n) is 2.63. The van der Waals surface area contributed by atoms with Crippen molar-refractivity contribution in [1.29, 1.82) is 0 Å². The summed E-state index contributed by atoms with van der Waals surface area (Å²) in [5, 5.41) is 3.02. The largest absolute Gasteiger partial charge is 0.372 e. The van der Waals surface area contributed by atoms with Crippen molar-refractivity contribution in [3.63, 3.8) is 0 Å². The van der Waals surface area contributed by atoms with E-state index in [0.29, 0.717) is 18.7 Å². The van der Waals surface area contributed by atoms with E-state index in [1.54, 1.807) is 6.07 Å². The van der Waals surface area contributed by atoms with E-state index in [2.05, 4.69) is 21.2 Å². The Balaban J connectivity index is 2.45. The number of hydrogen-bond donors (Lipinski definition) is 1. The molecule has 0 unspecified atom stereocenters. The Morgan fingerprint density at radius 3 is 3.13 bits per heavy atom. The lowest BCUT2D eigenvalue weighted by molar-refractivity contribution is 0.0408. The van der Waals surface area contributed by atoms with Crippen LogP contribution in [0.3, 0.4) is 0 Å². The van der Waals surface area contributed by atoms with Crippen molar-refractivity contribution < 1.29 is 9.13 Å². The lowest BCUT2D eigenvalue weighted by Crippen LogP contribution is -2.26. The molecule has 82 valence electrons. The van der Waals surface area contributed by atoms with Gasteiger partial charge >= 0.3 is 0 Å². The molecule has 1 heterocycles. The molecular weight excluding hydrogens is 261 g/mol. The van der Waals surface area contributed by atoms with Crippen molar-refractivity contribution in [1.82, 2.24) is 5.32 Å². The van der Waals surface area contributed by atoms with Crippen LogP contribution in [0.1, 0.15) is 17.2 Å². The fraction of sp³-hybridized carbons (Fsp3) is 0.455. The summed E-state index contributed by atoms with van der Waals surface area (Å²) < 4.78 is 20.2. The molecule has 1 atom stereocenters. The molecule has 2 nitrogen and oxygen atoms in total. The van der Waals surface area contributed by atoms with Crippen LogP contribution in [0.15, 0.2) is 16.6 Å². The second-order valence-corrected chi connectivity index (χ2v) is 4.44. The van der Waals surface area contributed by atoms with Gasteiger partial charge in [-0.2, -0.15) is 0 Å². The summed E-state index contributed by atoms with van der Waals surface area (Å²) in [6.07, 6.45) is 0.602. The fourth-order valence-electron chi connectivity index (χ4n) is 1.94. The number of fused-ring (bicyclic) bond motifs is 1. The SMILES string of the molecule is CNC[C@H]1OCCc2c(Br)ccc(F)c21. The van der Waals surface area contributed by atoms with E-state index in [-0.39, 0.29) is 11.9 Å². The summed E-state index contributed by atoms with van der Waals surface area (Å²) in [6, 6.07) is 3.25. The molecule has 0 saturated carbocycles. The first-order valence-corrected chi connectivity index (χ1v) is 5.76. The van der Waals surface area contributed by atoms with E-state index in [1.165, 1.54) is 6.07 Å². The van der Waals surface area contributed by atoms with Crippen LogP contribution in [0.4, 0.5) is 4.39 Å². The minimum absolute atomic E-state index is 0.170. The molecule has 0 aliphatic carbocycles. The third-order valence-corrected chi connectivity index (χ3v) is 3.37. The van der Waals surface area contributed by atoms with Crippen LogP contribution in [0.5, 0.6) is 0 Å². The first-order chi connectivity index (χ1) is 7.24. The monoisotopic (exact) mass is 273 g/mol. The van der Waals surface area contributed by atoms with Crippen LogP contribution in [-0.2, 0) is 11.2 Å². The van der Waals surface area contributed by atoms with Crippen molar-refractivity contribution in [2.24, 2.45) is 0 Å². The Morgan fingerprint density at radius 2 is 2.40 bits per heavy atom. The van der Waals surface area contributed by atoms with E-state index in [0.717, 1.165) is 16.5 Å². The molecule has 1 aliphatic rings. The van der Waals surface area contributed by atoms with Crippen LogP contribution < -0.4 is 5.32 Å². The molecule has 1 aromatic rings. The first-order valence-electron chi connectivity index (χ1n) is 4.97. The Kier molecular flexibility index (Phi) is 3.38. The van der Waals surface area contributed by atoms with Gasteiger partial charge in [0.25, 0.3) is 0 Å². The van der Waals surface area contributed by atoms with Crippen molar-refractivity contribution in [3.05, 3.63) is 33.5 Å². The lowest BCUT2D eigenvalue weighted by atomic mass is 9.97. The van der Waals surface area contributed by atoms with Crippen molar-refractivity contribution in [2.75, 3.05) is 20.2 Å². The zero-order chi connectivity index (χ0) is 10.8. The van der Waals surface area contributed by atoms with Gasteiger partial charge in [0.15, 0.2) is 0 Å². The average Bonchev–Trinajstić information content (AvgIpc) is 2.24. The Labute approximate surface area is 96.9 Å². The first kappa shape index (κ1) is 11.0. The molecule has 1 aromatic carbocycles. The van der Waals surface area contributed by atoms with Crippen LogP contribution in [0.25, 0.3) is 0 Å². The van der Waals surface area contributed by atoms with Crippen molar-refractivity contribution in [3.8, 4) is 0 Å². The van der Waals surface area contributed by atoms with E-state index in [4.69, 9.17) is 4.74 Å². The van der Waals surface area contributed by atoms with E-state index in [9.17, 15) is 4.39 Å². The molecule has 0 amide bonds. The van der Waals surface area contributed by atoms with E-state index < -0.39 is 0 Å². The fourth-order valence-corrected chi connectivity index (χ4v) is 2.49. The number of halogens is 2. The topological polar surface area (TPSA) is 21.3 Å². The summed E-state index contributed by atoms with van der Waals surface area (Å²) in [4.78, 5) is 0. The van der Waals surface area contributed by atoms with Crippen LogP contribution >= 0.6 is 15.9 Å². The molecule has 2 rings (SSSR count). The maximum absolute atomic E-state index is 13.7. The minimum atomic E-state index is -0.173. The molecule has 4 heteroatoms. The summed E-state index contributed by atoms with van der Waals surface area (Å²) in [5.41, 5.74) is 1.74. The number of benzene rings is 1. The van der Waals surface area contributed by atoms with Gasteiger partial charge in [0.2, 0.25) is 0 Å². The second-order valence-electron chi connectivity index (χ2n) is 3.59. The van der Waals surface area contributed by atoms with Gasteiger partial charge in [-0.3, -0.25) is 0 Å². The zero-order valence-electron chi connectivity index (χ0n) is 8.52. The van der Waals surface area contributed by atoms with Crippen molar-refractivity contribution >= 4 is 15.9 Å². The highest BCUT2D eigenvalue weighted by Gasteiger charge is 2.25. The standard InChI is InChI=1S/C11H13BrFNO/c1-14-6-10-11-7(4-5-15-10)8(12)2-3-9(11)13/h2-3,10,14H,4-6H2,1H3/t10-/m1/s1. The highest BCUT2D eigenvalue weighted by Crippen LogP contribution is 2.33. The van der Waals surface area contributed by atoms with E-state index in [1.807, 2.05) is 7.05 Å². The summed E-state index contributed by atoms with van der Waals surface area (Å²) >= 11 is 3.45. The van der Waals surface area contributed by atoms with Gasteiger partial charge in [-0.05, 0) is 31.2 Å². The normalized spacial score (nSPS) is 20.1. The third kappa shape index (κ3) is 2.07. The second kappa shape index (κ2) is 4.60. The molecule has 0 saturated heterocycles. The van der Waals surface area contributed by atoms with Gasteiger partial charge in [-0.15, -0.1) is 0 Å². The van der Waals surface area contributed by atoms with Crippen LogP contribution in [0.2, 0.25) is 0 Å². The average molecular weight is 274 g/mol. The Morgan fingerprint density at radius 1 is 1.60 bits per heavy atom. The van der Waals surface area contributed by atoms with Gasteiger partial charge in [0.1, 0.15) is 5.82 Å². The highest BCUT2D eigenvalue weighted by molar-refractivity contribution is 9.10. The maximum Gasteiger partial charge on any atom is 0.129 e. The molecular formula is C11H13BrFNO. The lowest BCUT2D eigenvalue weighted by Gasteiger charge is -2.27. The molecule has 0 bridgehead atoms. The zero-order valence-corrected chi connectivity index (χ0v) is 10.1. The molecule has 0 radical (unpaired) electrons. The maximum atomic E-state index is 13.7. The Bertz CT molecular complexity index is 370. The van der Waals surface area contributed by atoms with Crippen LogP contribution in [0, 0.1) is 5.82 Å². The van der Waals surface area contributed by atoms with Gasteiger partial charge in [-0.25, -0.2) is 4.39 Å². The molecule has 0 aromatic heterocycles. The number of rotatable bonds is 2. The summed E-state index contributed by atoms with van der Waals surface area (Å²) in [6.45, 7) is 1.29. The highest BCUT2D eigenvalue weighted by atomic mass is 79.9. The molecule has 0 spiro atoms. The number of hydrogen-bond acceptors (Lipinski definition) is 2. The van der Waals surface area contributed by atoms with Crippen LogP contribution in [-0.4, -0.2) is 20.2 Å². The van der Waals surface area contributed by atoms with Gasteiger partial charge in [-0.1, -0.05) is 15.9 Å². The molecule has 1 aliphatic heterocycles. The minimum Gasteiger partial charge on any atom is -0.372 e. The predicted molar refractivity (Wildman–Crippen MR) is 60.4 cm³/mol. The quantitative estimate of drug-likeness (QED) is 0.894. The van der Waals surface area contributed by atoms with Crippen molar-refractivity contribution in [2.45, 2.75) is 12.5 Å². The molecule has 0 fully saturated rings. The summed E-state index contributed by atoms with van der Waals surface area (Å²) in [7, 11) is 1.84. The molecule has 15 heavy (non-hydrogen) atoms. The predicted octanol–water partition coefficient (Wildman–Crippen LogP) is 2.42. The van der Waals surface area contributed by atoms with Gasteiger partial charge < -0.3 is 10.1 Å². The Hall–Kier alpha value is -0.450. The number of likely N-dealkylation sites (N-methyl/N-ethyl adjacent to an activating group) is 1. The smallest absolute Gasteiger partial charge is 0.129 e. The van der Waals surface area contributed by atoms with E-state index >= 15 is 0 Å². The number of ether oxygens (including phenoxy) is 1. The van der Waals surface area contributed by atoms with Gasteiger partial charge in [0.05, 0.1) is 12.7 Å².